The number of rotatable bonds is 2. The minimum Gasteiger partial charge on any atom is -0.348 e. The van der Waals surface area contributed by atoms with Crippen molar-refractivity contribution in [3.8, 4) is 0 Å². The Morgan fingerprint density at radius 1 is 1.18 bits per heavy atom. The number of nitrogens with zero attached hydrogens (tertiary/aromatic N) is 2. The Morgan fingerprint density at radius 2 is 1.76 bits per heavy atom. The zero-order valence-electron chi connectivity index (χ0n) is 8.68. The first kappa shape index (κ1) is 13.3. The summed E-state index contributed by atoms with van der Waals surface area (Å²) >= 11 is 0. The molecule has 0 aromatic carbocycles. The molecule has 0 spiro atoms. The van der Waals surface area contributed by atoms with Crippen molar-refractivity contribution in [1.82, 2.24) is 15.0 Å². The second-order valence-electron chi connectivity index (χ2n) is 3.06. The maximum absolute atomic E-state index is 8.74. The largest absolute Gasteiger partial charge is 0.394 e. The maximum Gasteiger partial charge on any atom is 0.394 e. The molecule has 0 saturated carbocycles. The SMILES string of the molecule is O=S(=O)(O)O.c1cc(Cc2cnc[nH]2)ccn1. The number of hydrogen-bond acceptors (Lipinski definition) is 4. The van der Waals surface area contributed by atoms with Gasteiger partial charge in [-0.05, 0) is 17.7 Å². The molecule has 0 radical (unpaired) electrons. The highest BCUT2D eigenvalue weighted by molar-refractivity contribution is 7.79. The van der Waals surface area contributed by atoms with Gasteiger partial charge < -0.3 is 4.98 Å². The van der Waals surface area contributed by atoms with Crippen molar-refractivity contribution >= 4 is 10.4 Å². The Labute approximate surface area is 98.1 Å². The van der Waals surface area contributed by atoms with Gasteiger partial charge in [-0.25, -0.2) is 4.98 Å². The average Bonchev–Trinajstić information content (AvgIpc) is 2.69. The predicted molar refractivity (Wildman–Crippen MR) is 59.8 cm³/mol. The van der Waals surface area contributed by atoms with Crippen LogP contribution in [0.4, 0.5) is 0 Å². The van der Waals surface area contributed by atoms with Gasteiger partial charge in [0.15, 0.2) is 0 Å². The van der Waals surface area contributed by atoms with Gasteiger partial charge in [0.25, 0.3) is 0 Å². The van der Waals surface area contributed by atoms with Crippen LogP contribution in [0.15, 0.2) is 37.1 Å². The zero-order chi connectivity index (χ0) is 12.7. The van der Waals surface area contributed by atoms with Crippen molar-refractivity contribution in [1.29, 1.82) is 0 Å². The van der Waals surface area contributed by atoms with E-state index in [9.17, 15) is 0 Å². The predicted octanol–water partition coefficient (Wildman–Crippen LogP) is 0.743. The summed E-state index contributed by atoms with van der Waals surface area (Å²) in [4.78, 5) is 11.0. The summed E-state index contributed by atoms with van der Waals surface area (Å²) < 4.78 is 31.6. The van der Waals surface area contributed by atoms with Crippen molar-refractivity contribution in [3.05, 3.63) is 48.3 Å². The summed E-state index contributed by atoms with van der Waals surface area (Å²) in [7, 11) is -4.67. The molecule has 0 amide bonds. The Kier molecular flexibility index (Phi) is 4.76. The molecule has 3 N–H and O–H groups in total. The lowest BCUT2D eigenvalue weighted by Gasteiger charge is -1.95. The first-order chi connectivity index (χ1) is 7.95. The van der Waals surface area contributed by atoms with Crippen LogP contribution in [-0.2, 0) is 16.8 Å². The maximum atomic E-state index is 8.74. The van der Waals surface area contributed by atoms with Gasteiger partial charge in [-0.3, -0.25) is 14.1 Å². The third kappa shape index (κ3) is 7.17. The molecule has 2 rings (SSSR count). The Morgan fingerprint density at radius 3 is 2.24 bits per heavy atom. The first-order valence-corrected chi connectivity index (χ1v) is 5.91. The zero-order valence-corrected chi connectivity index (χ0v) is 9.50. The number of H-pyrrole nitrogens is 1. The lowest BCUT2D eigenvalue weighted by atomic mass is 10.2. The van der Waals surface area contributed by atoms with Crippen LogP contribution in [0.2, 0.25) is 0 Å². The summed E-state index contributed by atoms with van der Waals surface area (Å²) in [6.45, 7) is 0. The molecule has 0 aliphatic rings. The Balaban J connectivity index is 0.000000249. The molecular formula is C9H11N3O4S. The van der Waals surface area contributed by atoms with Crippen LogP contribution in [0.5, 0.6) is 0 Å². The Hall–Kier alpha value is -1.77. The van der Waals surface area contributed by atoms with E-state index in [1.54, 1.807) is 18.7 Å². The lowest BCUT2D eigenvalue weighted by molar-refractivity contribution is 0.381. The molecule has 0 aliphatic heterocycles. The normalized spacial score (nSPS) is 10.5. The highest BCUT2D eigenvalue weighted by Crippen LogP contribution is 2.03. The number of aromatic nitrogens is 3. The minimum absolute atomic E-state index is 0.891. The van der Waals surface area contributed by atoms with E-state index in [2.05, 4.69) is 15.0 Å². The van der Waals surface area contributed by atoms with Gasteiger partial charge in [0.2, 0.25) is 0 Å². The van der Waals surface area contributed by atoms with E-state index in [0.29, 0.717) is 0 Å². The van der Waals surface area contributed by atoms with E-state index in [0.717, 1.165) is 12.1 Å². The van der Waals surface area contributed by atoms with E-state index in [4.69, 9.17) is 17.5 Å². The van der Waals surface area contributed by atoms with Gasteiger partial charge in [-0.1, -0.05) is 0 Å². The first-order valence-electron chi connectivity index (χ1n) is 4.51. The van der Waals surface area contributed by atoms with E-state index in [-0.39, 0.29) is 0 Å². The summed E-state index contributed by atoms with van der Waals surface area (Å²) in [5, 5.41) is 0. The van der Waals surface area contributed by atoms with Gasteiger partial charge >= 0.3 is 10.4 Å². The van der Waals surface area contributed by atoms with Crippen molar-refractivity contribution in [2.45, 2.75) is 6.42 Å². The molecule has 0 unspecified atom stereocenters. The summed E-state index contributed by atoms with van der Waals surface area (Å²) in [6.07, 6.45) is 8.01. The molecule has 7 nitrogen and oxygen atoms in total. The molecule has 2 aromatic rings. The second-order valence-corrected chi connectivity index (χ2v) is 3.95. The summed E-state index contributed by atoms with van der Waals surface area (Å²) in [5.41, 5.74) is 2.37. The van der Waals surface area contributed by atoms with E-state index in [1.807, 2.05) is 18.3 Å². The van der Waals surface area contributed by atoms with E-state index in [1.165, 1.54) is 5.56 Å². The standard InChI is InChI=1S/C9H9N3.H2O4S/c1-3-10-4-2-8(1)5-9-6-11-7-12-9;1-5(2,3)4/h1-4,6-7H,5H2,(H,11,12);(H2,1,2,3,4). The fourth-order valence-corrected chi connectivity index (χ4v) is 1.10. The molecule has 8 heteroatoms. The highest BCUT2D eigenvalue weighted by Gasteiger charge is 1.94. The average molecular weight is 257 g/mol. The number of hydrogen-bond donors (Lipinski definition) is 3. The van der Waals surface area contributed by atoms with Crippen LogP contribution < -0.4 is 0 Å². The molecule has 0 fully saturated rings. The van der Waals surface area contributed by atoms with Crippen LogP contribution >= 0.6 is 0 Å². The third-order valence-electron chi connectivity index (χ3n) is 1.70. The van der Waals surface area contributed by atoms with Crippen LogP contribution in [0, 0.1) is 0 Å². The van der Waals surface area contributed by atoms with Crippen LogP contribution in [0.1, 0.15) is 11.3 Å². The monoisotopic (exact) mass is 257 g/mol. The minimum atomic E-state index is -4.67. The quantitative estimate of drug-likeness (QED) is 0.683. The molecule has 2 heterocycles. The number of imidazole rings is 1. The van der Waals surface area contributed by atoms with Gasteiger partial charge in [-0.15, -0.1) is 0 Å². The van der Waals surface area contributed by atoms with Crippen LogP contribution in [0.3, 0.4) is 0 Å². The van der Waals surface area contributed by atoms with E-state index < -0.39 is 10.4 Å². The summed E-state index contributed by atoms with van der Waals surface area (Å²) in [5.74, 6) is 0. The van der Waals surface area contributed by atoms with Crippen molar-refractivity contribution in [2.75, 3.05) is 0 Å². The molecule has 17 heavy (non-hydrogen) atoms. The molecule has 2 aromatic heterocycles. The fraction of sp³-hybridized carbons (Fsp3) is 0.111. The van der Waals surface area contributed by atoms with Gasteiger partial charge in [-0.2, -0.15) is 8.42 Å². The number of aromatic amines is 1. The van der Waals surface area contributed by atoms with Crippen LogP contribution in [0.25, 0.3) is 0 Å². The summed E-state index contributed by atoms with van der Waals surface area (Å²) in [6, 6.07) is 4.00. The lowest BCUT2D eigenvalue weighted by Crippen LogP contribution is -1.89. The number of pyridine rings is 1. The second kappa shape index (κ2) is 6.09. The van der Waals surface area contributed by atoms with Crippen LogP contribution in [-0.4, -0.2) is 32.5 Å². The molecular weight excluding hydrogens is 246 g/mol. The fourth-order valence-electron chi connectivity index (χ4n) is 1.10. The molecule has 92 valence electrons. The van der Waals surface area contributed by atoms with Crippen molar-refractivity contribution in [3.63, 3.8) is 0 Å². The topological polar surface area (TPSA) is 116 Å². The molecule has 0 bridgehead atoms. The third-order valence-corrected chi connectivity index (χ3v) is 1.70. The van der Waals surface area contributed by atoms with Gasteiger partial charge in [0, 0.05) is 30.7 Å². The Bertz CT molecular complexity index is 517. The molecule has 0 saturated heterocycles. The number of nitrogens with one attached hydrogen (secondary N) is 1. The van der Waals surface area contributed by atoms with Gasteiger partial charge in [0.1, 0.15) is 0 Å². The van der Waals surface area contributed by atoms with Crippen molar-refractivity contribution < 1.29 is 17.5 Å². The smallest absolute Gasteiger partial charge is 0.348 e. The van der Waals surface area contributed by atoms with Gasteiger partial charge in [0.05, 0.1) is 6.33 Å². The molecule has 0 atom stereocenters. The van der Waals surface area contributed by atoms with E-state index >= 15 is 0 Å². The highest BCUT2D eigenvalue weighted by atomic mass is 32.3. The molecule has 0 aliphatic carbocycles. The van der Waals surface area contributed by atoms with Crippen molar-refractivity contribution in [2.24, 2.45) is 0 Å².